The molecule has 0 aromatic heterocycles. The van der Waals surface area contributed by atoms with E-state index >= 15 is 0 Å². The number of nitrogens with zero attached hydrogens (tertiary/aromatic N) is 2. The van der Waals surface area contributed by atoms with Gasteiger partial charge >= 0.3 is 0 Å². The van der Waals surface area contributed by atoms with Gasteiger partial charge in [0.2, 0.25) is 5.91 Å². The van der Waals surface area contributed by atoms with Crippen molar-refractivity contribution in [3.63, 3.8) is 0 Å². The summed E-state index contributed by atoms with van der Waals surface area (Å²) in [5, 5.41) is 3.43. The first-order valence-corrected chi connectivity index (χ1v) is 6.36. The summed E-state index contributed by atoms with van der Waals surface area (Å²) in [6.07, 6.45) is 5.19. The average molecular weight is 225 g/mol. The maximum absolute atomic E-state index is 11.5. The highest BCUT2D eigenvalue weighted by Crippen LogP contribution is 2.26. The van der Waals surface area contributed by atoms with Crippen molar-refractivity contribution in [1.82, 2.24) is 15.1 Å². The van der Waals surface area contributed by atoms with Gasteiger partial charge in [0, 0.05) is 32.7 Å². The van der Waals surface area contributed by atoms with Gasteiger partial charge in [-0.1, -0.05) is 6.42 Å². The lowest BCUT2D eigenvalue weighted by Crippen LogP contribution is -2.47. The van der Waals surface area contributed by atoms with Crippen molar-refractivity contribution in [1.29, 1.82) is 0 Å². The van der Waals surface area contributed by atoms with Crippen LogP contribution in [0.25, 0.3) is 0 Å². The molecule has 16 heavy (non-hydrogen) atoms. The second-order valence-corrected chi connectivity index (χ2v) is 5.16. The van der Waals surface area contributed by atoms with Crippen molar-refractivity contribution in [3.05, 3.63) is 0 Å². The number of likely N-dealkylation sites (N-methyl/N-ethyl adjacent to an activating group) is 1. The van der Waals surface area contributed by atoms with Gasteiger partial charge in [-0.15, -0.1) is 0 Å². The predicted octanol–water partition coefficient (Wildman–Crippen LogP) is 0.291. The minimum Gasteiger partial charge on any atom is -0.348 e. The molecule has 2 rings (SSSR count). The maximum atomic E-state index is 11.5. The molecule has 0 saturated carbocycles. The number of amides is 1. The summed E-state index contributed by atoms with van der Waals surface area (Å²) in [5.41, 5.74) is 0. The Hall–Kier alpha value is -0.610. The molecule has 4 nitrogen and oxygen atoms in total. The molecule has 1 amide bonds. The summed E-state index contributed by atoms with van der Waals surface area (Å²) in [7, 11) is 3.62. The highest BCUT2D eigenvalue weighted by Gasteiger charge is 2.35. The molecule has 2 heterocycles. The van der Waals surface area contributed by atoms with Crippen LogP contribution in [0.15, 0.2) is 0 Å². The van der Waals surface area contributed by atoms with Crippen molar-refractivity contribution >= 4 is 5.91 Å². The van der Waals surface area contributed by atoms with Crippen LogP contribution in [-0.2, 0) is 4.79 Å². The van der Waals surface area contributed by atoms with Gasteiger partial charge in [-0.3, -0.25) is 9.69 Å². The first-order valence-electron chi connectivity index (χ1n) is 6.36. The van der Waals surface area contributed by atoms with E-state index in [2.05, 4.69) is 10.2 Å². The molecule has 0 aromatic rings. The van der Waals surface area contributed by atoms with Crippen molar-refractivity contribution < 1.29 is 4.79 Å². The lowest BCUT2D eigenvalue weighted by molar-refractivity contribution is -0.127. The Bertz CT molecular complexity index is 255. The van der Waals surface area contributed by atoms with Gasteiger partial charge in [0.25, 0.3) is 0 Å². The minimum absolute atomic E-state index is 0.175. The fraction of sp³-hybridized carbons (Fsp3) is 0.917. The average Bonchev–Trinajstić information content (AvgIpc) is 2.69. The van der Waals surface area contributed by atoms with Crippen LogP contribution in [0.4, 0.5) is 0 Å². The van der Waals surface area contributed by atoms with Crippen molar-refractivity contribution in [2.45, 2.75) is 37.8 Å². The van der Waals surface area contributed by atoms with Crippen LogP contribution >= 0.6 is 0 Å². The number of fused-ring (bicyclic) bond motifs is 1. The zero-order chi connectivity index (χ0) is 11.5. The molecule has 4 heteroatoms. The summed E-state index contributed by atoms with van der Waals surface area (Å²) in [6, 6.07) is 1.22. The van der Waals surface area contributed by atoms with E-state index in [4.69, 9.17) is 0 Å². The van der Waals surface area contributed by atoms with E-state index in [1.54, 1.807) is 4.90 Å². The zero-order valence-corrected chi connectivity index (χ0v) is 10.4. The highest BCUT2D eigenvalue weighted by molar-refractivity contribution is 5.77. The summed E-state index contributed by atoms with van der Waals surface area (Å²) >= 11 is 0. The van der Waals surface area contributed by atoms with E-state index in [1.165, 1.54) is 38.8 Å². The molecule has 0 aliphatic carbocycles. The molecule has 1 N–H and O–H groups in total. The number of hydrogen-bond acceptors (Lipinski definition) is 3. The first kappa shape index (κ1) is 11.9. The largest absolute Gasteiger partial charge is 0.348 e. The smallest absolute Gasteiger partial charge is 0.236 e. The molecule has 0 aromatic carbocycles. The van der Waals surface area contributed by atoms with Crippen LogP contribution in [0, 0.1) is 0 Å². The monoisotopic (exact) mass is 225 g/mol. The molecule has 2 fully saturated rings. The van der Waals surface area contributed by atoms with Gasteiger partial charge in [0.1, 0.15) is 0 Å². The van der Waals surface area contributed by atoms with Gasteiger partial charge in [0.15, 0.2) is 0 Å². The van der Waals surface area contributed by atoms with Gasteiger partial charge < -0.3 is 10.2 Å². The molecule has 2 aliphatic heterocycles. The number of piperidine rings is 1. The standard InChI is InChI=1S/C12H23N3O/c1-14(2)12(16)9-13-10-6-8-15-7-4-3-5-11(10)15/h10-11,13H,3-9H2,1-2H3. The molecular weight excluding hydrogens is 202 g/mol. The van der Waals surface area contributed by atoms with E-state index in [0.29, 0.717) is 18.6 Å². The second kappa shape index (κ2) is 5.15. The second-order valence-electron chi connectivity index (χ2n) is 5.16. The van der Waals surface area contributed by atoms with Gasteiger partial charge in [-0.2, -0.15) is 0 Å². The van der Waals surface area contributed by atoms with E-state index < -0.39 is 0 Å². The Morgan fingerprint density at radius 1 is 1.31 bits per heavy atom. The predicted molar refractivity (Wildman–Crippen MR) is 64.3 cm³/mol. The summed E-state index contributed by atoms with van der Waals surface area (Å²) < 4.78 is 0. The van der Waals surface area contributed by atoms with Gasteiger partial charge in [0.05, 0.1) is 6.54 Å². The zero-order valence-electron chi connectivity index (χ0n) is 10.4. The van der Waals surface area contributed by atoms with Crippen LogP contribution in [0.5, 0.6) is 0 Å². The Kier molecular flexibility index (Phi) is 3.82. The van der Waals surface area contributed by atoms with E-state index in [1.807, 2.05) is 14.1 Å². The molecule has 2 saturated heterocycles. The highest BCUT2D eigenvalue weighted by atomic mass is 16.2. The molecule has 2 aliphatic rings. The van der Waals surface area contributed by atoms with Gasteiger partial charge in [-0.25, -0.2) is 0 Å². The first-order chi connectivity index (χ1) is 7.68. The Morgan fingerprint density at radius 3 is 2.88 bits per heavy atom. The fourth-order valence-electron chi connectivity index (χ4n) is 2.86. The van der Waals surface area contributed by atoms with Crippen LogP contribution in [-0.4, -0.2) is 61.5 Å². The quantitative estimate of drug-likeness (QED) is 0.750. The third-order valence-corrected chi connectivity index (χ3v) is 3.87. The number of carbonyl (C=O) groups is 1. The molecule has 0 bridgehead atoms. The Labute approximate surface area is 98.0 Å². The van der Waals surface area contributed by atoms with E-state index in [-0.39, 0.29) is 5.91 Å². The molecule has 2 atom stereocenters. The van der Waals surface area contributed by atoms with Crippen LogP contribution in [0.3, 0.4) is 0 Å². The third-order valence-electron chi connectivity index (χ3n) is 3.87. The lowest BCUT2D eigenvalue weighted by Gasteiger charge is -2.32. The van der Waals surface area contributed by atoms with Crippen molar-refractivity contribution in [2.24, 2.45) is 0 Å². The number of hydrogen-bond donors (Lipinski definition) is 1. The van der Waals surface area contributed by atoms with Crippen molar-refractivity contribution in [2.75, 3.05) is 33.7 Å². The number of nitrogens with one attached hydrogen (secondary N) is 1. The molecule has 0 spiro atoms. The Balaban J connectivity index is 1.80. The molecule has 0 radical (unpaired) electrons. The summed E-state index contributed by atoms with van der Waals surface area (Å²) in [4.78, 5) is 15.7. The summed E-state index contributed by atoms with van der Waals surface area (Å²) in [5.74, 6) is 0.175. The summed E-state index contributed by atoms with van der Waals surface area (Å²) in [6.45, 7) is 2.95. The SMILES string of the molecule is CN(C)C(=O)CNC1CCN2CCCCC12. The normalized spacial score (nSPS) is 30.1. The maximum Gasteiger partial charge on any atom is 0.236 e. The van der Waals surface area contributed by atoms with Crippen molar-refractivity contribution in [3.8, 4) is 0 Å². The topological polar surface area (TPSA) is 35.6 Å². The van der Waals surface area contributed by atoms with Gasteiger partial charge in [-0.05, 0) is 25.8 Å². The molecule has 2 unspecified atom stereocenters. The lowest BCUT2D eigenvalue weighted by atomic mass is 9.99. The third kappa shape index (κ3) is 2.55. The van der Waals surface area contributed by atoms with Crippen LogP contribution in [0.2, 0.25) is 0 Å². The number of carbonyl (C=O) groups excluding carboxylic acids is 1. The minimum atomic E-state index is 0.175. The number of rotatable bonds is 3. The van der Waals surface area contributed by atoms with E-state index in [0.717, 1.165) is 0 Å². The molecular formula is C12H23N3O. The van der Waals surface area contributed by atoms with E-state index in [9.17, 15) is 4.79 Å². The fourth-order valence-corrected chi connectivity index (χ4v) is 2.86. The van der Waals surface area contributed by atoms with Crippen LogP contribution in [0.1, 0.15) is 25.7 Å². The molecule has 92 valence electrons. The van der Waals surface area contributed by atoms with Crippen LogP contribution < -0.4 is 5.32 Å². The Morgan fingerprint density at radius 2 is 2.12 bits per heavy atom.